The lowest BCUT2D eigenvalue weighted by atomic mass is 9.89. The number of piperidine rings is 1. The molecule has 0 saturated carbocycles. The van der Waals surface area contributed by atoms with Gasteiger partial charge >= 0.3 is 0 Å². The Kier molecular flexibility index (Phi) is 5.98. The van der Waals surface area contributed by atoms with Crippen molar-refractivity contribution in [3.05, 3.63) is 35.5 Å². The van der Waals surface area contributed by atoms with Crippen LogP contribution in [-0.2, 0) is 34.0 Å². The van der Waals surface area contributed by atoms with E-state index >= 15 is 0 Å². The molecule has 29 heavy (non-hydrogen) atoms. The first-order valence-electron chi connectivity index (χ1n) is 10.1. The van der Waals surface area contributed by atoms with Crippen molar-refractivity contribution in [1.82, 2.24) is 19.9 Å². The zero-order valence-corrected chi connectivity index (χ0v) is 17.0. The largest absolute Gasteiger partial charge is 0.472 e. The van der Waals surface area contributed by atoms with Crippen molar-refractivity contribution in [2.24, 2.45) is 0 Å². The lowest BCUT2D eigenvalue weighted by Gasteiger charge is -2.43. The molecule has 2 aromatic rings. The van der Waals surface area contributed by atoms with Gasteiger partial charge in [0, 0.05) is 13.1 Å². The zero-order chi connectivity index (χ0) is 20.3. The van der Waals surface area contributed by atoms with Gasteiger partial charge in [0.25, 0.3) is 5.91 Å². The minimum absolute atomic E-state index is 0.00624. The van der Waals surface area contributed by atoms with Gasteiger partial charge in [0.1, 0.15) is 12.0 Å². The Balaban J connectivity index is 1.29. The number of carbonyl (C=O) groups excluding carboxylic acids is 1. The first kappa shape index (κ1) is 20.1. The molecule has 1 saturated heterocycles. The predicted molar refractivity (Wildman–Crippen MR) is 102 cm³/mol. The smallest absolute Gasteiger partial charge is 0.257 e. The van der Waals surface area contributed by atoms with Crippen molar-refractivity contribution in [3.8, 4) is 0 Å². The number of rotatable bonds is 7. The van der Waals surface area contributed by atoms with Crippen LogP contribution in [0.3, 0.4) is 0 Å². The summed E-state index contributed by atoms with van der Waals surface area (Å²) in [6, 6.07) is 1.70. The number of hydrogen-bond donors (Lipinski definition) is 0. The van der Waals surface area contributed by atoms with Crippen molar-refractivity contribution in [3.63, 3.8) is 0 Å². The molecule has 0 radical (unpaired) electrons. The molecule has 0 atom stereocenters. The van der Waals surface area contributed by atoms with Crippen LogP contribution in [0.1, 0.15) is 48.4 Å². The highest BCUT2D eigenvalue weighted by molar-refractivity contribution is 5.93. The molecule has 4 heterocycles. The molecule has 2 aliphatic heterocycles. The predicted octanol–water partition coefficient (Wildman–Crippen LogP) is 2.02. The van der Waals surface area contributed by atoms with Gasteiger partial charge < -0.3 is 23.5 Å². The molecule has 1 spiro atoms. The van der Waals surface area contributed by atoms with Crippen LogP contribution in [0.5, 0.6) is 0 Å². The normalized spacial score (nSPS) is 18.4. The molecule has 0 aromatic carbocycles. The molecule has 4 rings (SSSR count). The van der Waals surface area contributed by atoms with Gasteiger partial charge in [-0.05, 0) is 32.8 Å². The van der Waals surface area contributed by atoms with Gasteiger partial charge in [-0.2, -0.15) is 0 Å². The highest BCUT2D eigenvalue weighted by Gasteiger charge is 2.41. The molecule has 9 heteroatoms. The Morgan fingerprint density at radius 1 is 1.31 bits per heavy atom. The van der Waals surface area contributed by atoms with Gasteiger partial charge in [-0.25, -0.2) is 4.68 Å². The molecule has 9 nitrogen and oxygen atoms in total. The number of carbonyl (C=O) groups is 1. The maximum Gasteiger partial charge on any atom is 0.257 e. The number of furan rings is 1. The Hall–Kier alpha value is -2.23. The fraction of sp³-hybridized carbons (Fsp3) is 0.650. The van der Waals surface area contributed by atoms with Crippen LogP contribution in [0.15, 0.2) is 23.0 Å². The molecule has 0 aliphatic carbocycles. The van der Waals surface area contributed by atoms with Crippen LogP contribution < -0.4 is 0 Å². The van der Waals surface area contributed by atoms with Crippen molar-refractivity contribution >= 4 is 5.91 Å². The summed E-state index contributed by atoms with van der Waals surface area (Å²) in [6.07, 6.45) is 4.76. The number of aromatic nitrogens is 3. The summed E-state index contributed by atoms with van der Waals surface area (Å²) in [6.45, 7) is 7.91. The number of hydrogen-bond acceptors (Lipinski definition) is 7. The third-order valence-corrected chi connectivity index (χ3v) is 5.52. The average Bonchev–Trinajstić information content (AvgIpc) is 3.38. The van der Waals surface area contributed by atoms with Crippen LogP contribution in [0, 0.1) is 0 Å². The lowest BCUT2D eigenvalue weighted by molar-refractivity contribution is -0.120. The summed E-state index contributed by atoms with van der Waals surface area (Å²) in [5, 5.41) is 8.59. The quantitative estimate of drug-likeness (QED) is 0.652. The molecule has 1 fully saturated rings. The summed E-state index contributed by atoms with van der Waals surface area (Å²) in [5.74, 6) is 0.00624. The highest BCUT2D eigenvalue weighted by Crippen LogP contribution is 2.34. The second kappa shape index (κ2) is 8.64. The maximum absolute atomic E-state index is 12.5. The van der Waals surface area contributed by atoms with Gasteiger partial charge in [0.2, 0.25) is 0 Å². The molecule has 0 unspecified atom stereocenters. The lowest BCUT2D eigenvalue weighted by Crippen LogP contribution is -2.52. The van der Waals surface area contributed by atoms with Crippen molar-refractivity contribution < 1.29 is 23.4 Å². The van der Waals surface area contributed by atoms with E-state index in [1.165, 1.54) is 12.5 Å². The number of fused-ring (bicyclic) bond motifs is 1. The average molecular weight is 404 g/mol. The third-order valence-electron chi connectivity index (χ3n) is 5.52. The van der Waals surface area contributed by atoms with Crippen LogP contribution in [0.4, 0.5) is 0 Å². The summed E-state index contributed by atoms with van der Waals surface area (Å²) >= 11 is 0. The van der Waals surface area contributed by atoms with Crippen LogP contribution in [-0.4, -0.2) is 63.8 Å². The number of likely N-dealkylation sites (tertiary alicyclic amines) is 1. The second-order valence-electron chi connectivity index (χ2n) is 7.89. The van der Waals surface area contributed by atoms with Gasteiger partial charge in [-0.3, -0.25) is 4.79 Å². The van der Waals surface area contributed by atoms with E-state index in [1.807, 2.05) is 23.4 Å². The van der Waals surface area contributed by atoms with Crippen molar-refractivity contribution in [1.29, 1.82) is 0 Å². The Labute approximate surface area is 169 Å². The van der Waals surface area contributed by atoms with E-state index in [0.29, 0.717) is 51.6 Å². The Morgan fingerprint density at radius 2 is 2.14 bits per heavy atom. The highest BCUT2D eigenvalue weighted by atomic mass is 16.5. The van der Waals surface area contributed by atoms with E-state index in [0.717, 1.165) is 24.2 Å². The zero-order valence-electron chi connectivity index (χ0n) is 17.0. The first-order chi connectivity index (χ1) is 14.1. The summed E-state index contributed by atoms with van der Waals surface area (Å²) in [7, 11) is 0. The number of ether oxygens (including phenoxy) is 3. The van der Waals surface area contributed by atoms with Crippen LogP contribution in [0.25, 0.3) is 0 Å². The molecule has 0 bridgehead atoms. The van der Waals surface area contributed by atoms with Gasteiger partial charge in [0.05, 0.1) is 62.2 Å². The van der Waals surface area contributed by atoms with Gasteiger partial charge in [0.15, 0.2) is 0 Å². The standard InChI is InChI=1S/C20H28N4O5/c1-15(2)28-10-9-27-12-17-18-13-29-20(14-24(18)22-21-17)4-6-23(7-5-20)19(25)16-3-8-26-11-16/h3,8,11,15H,4-7,9-10,12-14H2,1-2H3. The monoisotopic (exact) mass is 404 g/mol. The minimum atomic E-state index is -0.295. The van der Waals surface area contributed by atoms with E-state index in [2.05, 4.69) is 10.3 Å². The fourth-order valence-corrected chi connectivity index (χ4v) is 3.81. The van der Waals surface area contributed by atoms with E-state index in [1.54, 1.807) is 6.07 Å². The molecule has 0 N–H and O–H groups in total. The molecular formula is C20H28N4O5. The summed E-state index contributed by atoms with van der Waals surface area (Å²) in [5.41, 5.74) is 2.08. The van der Waals surface area contributed by atoms with Gasteiger partial charge in [-0.1, -0.05) is 5.21 Å². The maximum atomic E-state index is 12.5. The topological polar surface area (TPSA) is 91.9 Å². The van der Waals surface area contributed by atoms with Crippen molar-refractivity contribution in [2.75, 3.05) is 26.3 Å². The second-order valence-corrected chi connectivity index (χ2v) is 7.89. The Bertz CT molecular complexity index is 809. The van der Waals surface area contributed by atoms with Crippen LogP contribution in [0.2, 0.25) is 0 Å². The molecule has 1 amide bonds. The fourth-order valence-electron chi connectivity index (χ4n) is 3.81. The summed E-state index contributed by atoms with van der Waals surface area (Å²) in [4.78, 5) is 14.3. The SMILES string of the molecule is CC(C)OCCOCc1nnn2c1COC1(CCN(C(=O)c3ccoc3)CC1)C2. The minimum Gasteiger partial charge on any atom is -0.472 e. The number of amides is 1. The molecule has 2 aromatic heterocycles. The van der Waals surface area contributed by atoms with E-state index in [-0.39, 0.29) is 17.6 Å². The summed E-state index contributed by atoms with van der Waals surface area (Å²) < 4.78 is 24.4. The van der Waals surface area contributed by atoms with E-state index in [9.17, 15) is 4.79 Å². The van der Waals surface area contributed by atoms with E-state index in [4.69, 9.17) is 18.6 Å². The molecule has 2 aliphatic rings. The Morgan fingerprint density at radius 3 is 2.86 bits per heavy atom. The first-order valence-corrected chi connectivity index (χ1v) is 10.1. The third kappa shape index (κ3) is 4.52. The molecule has 158 valence electrons. The van der Waals surface area contributed by atoms with E-state index < -0.39 is 0 Å². The molecular weight excluding hydrogens is 376 g/mol. The van der Waals surface area contributed by atoms with Crippen molar-refractivity contribution in [2.45, 2.75) is 58.2 Å². The van der Waals surface area contributed by atoms with Crippen LogP contribution >= 0.6 is 0 Å². The number of nitrogens with zero attached hydrogens (tertiary/aromatic N) is 4. The van der Waals surface area contributed by atoms with Gasteiger partial charge in [-0.15, -0.1) is 5.10 Å².